The Hall–Kier alpha value is -0.680. The normalized spacial score (nSPS) is 27.5. The highest BCUT2D eigenvalue weighted by Gasteiger charge is 2.26. The van der Waals surface area contributed by atoms with Crippen LogP contribution in [0.4, 0.5) is 4.39 Å². The maximum absolute atomic E-state index is 11.8. The molecule has 1 rings (SSSR count). The van der Waals surface area contributed by atoms with Crippen molar-refractivity contribution in [2.45, 2.75) is 31.4 Å². The van der Waals surface area contributed by atoms with Crippen LogP contribution in [0.3, 0.4) is 0 Å². The summed E-state index contributed by atoms with van der Waals surface area (Å²) in [5, 5.41) is 11.6. The molecule has 0 amide bonds. The Balaban J connectivity index is 2.22. The second-order valence-electron chi connectivity index (χ2n) is 3.40. The largest absolute Gasteiger partial charge is 0.480 e. The predicted octanol–water partition coefficient (Wildman–Crippen LogP) is 0.568. The van der Waals surface area contributed by atoms with Crippen molar-refractivity contribution in [3.63, 3.8) is 0 Å². The van der Waals surface area contributed by atoms with Crippen LogP contribution in [-0.2, 0) is 9.53 Å². The number of aliphatic carboxylic acids is 1. The number of hydrogen-bond donors (Lipinski definition) is 2. The van der Waals surface area contributed by atoms with Crippen molar-refractivity contribution in [2.75, 3.05) is 19.8 Å². The summed E-state index contributed by atoms with van der Waals surface area (Å²) in [6.07, 6.45) is 1.63. The van der Waals surface area contributed by atoms with Gasteiger partial charge in [0.15, 0.2) is 0 Å². The van der Waals surface area contributed by atoms with Gasteiger partial charge < -0.3 is 15.2 Å². The van der Waals surface area contributed by atoms with E-state index in [4.69, 9.17) is 9.84 Å². The van der Waals surface area contributed by atoms with Gasteiger partial charge >= 0.3 is 5.97 Å². The lowest BCUT2D eigenvalue weighted by atomic mass is 10.0. The van der Waals surface area contributed by atoms with Crippen molar-refractivity contribution >= 4 is 5.97 Å². The zero-order valence-corrected chi connectivity index (χ0v) is 8.04. The average molecular weight is 205 g/mol. The van der Waals surface area contributed by atoms with Crippen LogP contribution in [0.1, 0.15) is 19.3 Å². The summed E-state index contributed by atoms with van der Waals surface area (Å²) < 4.78 is 17.1. The number of piperidine rings is 1. The zero-order valence-electron chi connectivity index (χ0n) is 8.04. The van der Waals surface area contributed by atoms with Crippen molar-refractivity contribution < 1.29 is 19.0 Å². The Morgan fingerprint density at radius 1 is 1.64 bits per heavy atom. The summed E-state index contributed by atoms with van der Waals surface area (Å²) in [5.41, 5.74) is 0. The molecular formula is C9H16FNO3. The van der Waals surface area contributed by atoms with Crippen LogP contribution >= 0.6 is 0 Å². The third-order valence-corrected chi connectivity index (χ3v) is 2.29. The van der Waals surface area contributed by atoms with Crippen LogP contribution in [0.2, 0.25) is 0 Å². The van der Waals surface area contributed by atoms with Crippen LogP contribution in [0.25, 0.3) is 0 Å². The molecule has 2 unspecified atom stereocenters. The molecule has 1 heterocycles. The summed E-state index contributed by atoms with van der Waals surface area (Å²) in [4.78, 5) is 10.7. The van der Waals surface area contributed by atoms with E-state index in [-0.39, 0.29) is 12.8 Å². The first kappa shape index (κ1) is 11.4. The summed E-state index contributed by atoms with van der Waals surface area (Å²) in [6, 6.07) is -0.515. The third-order valence-electron chi connectivity index (χ3n) is 2.29. The molecule has 2 atom stereocenters. The molecule has 1 saturated heterocycles. The highest BCUT2D eigenvalue weighted by atomic mass is 19.1. The number of alkyl halides is 1. The van der Waals surface area contributed by atoms with E-state index in [0.717, 1.165) is 6.42 Å². The summed E-state index contributed by atoms with van der Waals surface area (Å²) >= 11 is 0. The van der Waals surface area contributed by atoms with E-state index in [0.29, 0.717) is 26.0 Å². The first-order valence-electron chi connectivity index (χ1n) is 4.88. The topological polar surface area (TPSA) is 58.6 Å². The van der Waals surface area contributed by atoms with Gasteiger partial charge in [-0.15, -0.1) is 0 Å². The Kier molecular flexibility index (Phi) is 4.82. The maximum atomic E-state index is 11.8. The molecule has 1 aliphatic heterocycles. The summed E-state index contributed by atoms with van der Waals surface area (Å²) in [7, 11) is 0. The Morgan fingerprint density at radius 3 is 3.07 bits per heavy atom. The lowest BCUT2D eigenvalue weighted by Crippen LogP contribution is -2.46. The van der Waals surface area contributed by atoms with E-state index in [1.807, 2.05) is 0 Å². The van der Waals surface area contributed by atoms with Gasteiger partial charge in [-0.05, 0) is 25.8 Å². The van der Waals surface area contributed by atoms with E-state index >= 15 is 0 Å². The van der Waals surface area contributed by atoms with Crippen molar-refractivity contribution in [1.29, 1.82) is 0 Å². The van der Waals surface area contributed by atoms with Crippen LogP contribution < -0.4 is 5.32 Å². The molecule has 82 valence electrons. The van der Waals surface area contributed by atoms with Crippen molar-refractivity contribution in [1.82, 2.24) is 5.32 Å². The molecule has 0 aromatic heterocycles. The van der Waals surface area contributed by atoms with Crippen LogP contribution in [0, 0.1) is 0 Å². The molecule has 1 fully saturated rings. The Bertz CT molecular complexity index is 189. The van der Waals surface area contributed by atoms with E-state index in [9.17, 15) is 9.18 Å². The second kappa shape index (κ2) is 5.93. The van der Waals surface area contributed by atoms with Crippen molar-refractivity contribution in [3.05, 3.63) is 0 Å². The number of nitrogens with one attached hydrogen (secondary N) is 1. The van der Waals surface area contributed by atoms with Crippen molar-refractivity contribution in [3.8, 4) is 0 Å². The molecule has 5 heteroatoms. The molecule has 14 heavy (non-hydrogen) atoms. The molecule has 0 spiro atoms. The zero-order chi connectivity index (χ0) is 10.4. The van der Waals surface area contributed by atoms with Gasteiger partial charge in [-0.3, -0.25) is 9.18 Å². The molecule has 1 aliphatic rings. The van der Waals surface area contributed by atoms with E-state index in [1.165, 1.54) is 0 Å². The highest BCUT2D eigenvalue weighted by molar-refractivity contribution is 5.73. The van der Waals surface area contributed by atoms with Gasteiger partial charge in [0.1, 0.15) is 6.04 Å². The SMILES string of the molecule is O=C(O)C1CC(OCCCF)CCN1. The van der Waals surface area contributed by atoms with Gasteiger partial charge in [0.05, 0.1) is 12.8 Å². The molecule has 0 aromatic carbocycles. The number of ether oxygens (including phenoxy) is 1. The fraction of sp³-hybridized carbons (Fsp3) is 0.889. The number of rotatable bonds is 5. The second-order valence-corrected chi connectivity index (χ2v) is 3.40. The molecule has 0 saturated carbocycles. The first-order valence-corrected chi connectivity index (χ1v) is 4.88. The van der Waals surface area contributed by atoms with Gasteiger partial charge in [0.25, 0.3) is 0 Å². The monoisotopic (exact) mass is 205 g/mol. The summed E-state index contributed by atoms with van der Waals surface area (Å²) in [6.45, 7) is 0.651. The van der Waals surface area contributed by atoms with Gasteiger partial charge in [-0.25, -0.2) is 0 Å². The van der Waals surface area contributed by atoms with Gasteiger partial charge in [0.2, 0.25) is 0 Å². The fourth-order valence-electron chi connectivity index (χ4n) is 1.53. The van der Waals surface area contributed by atoms with E-state index < -0.39 is 12.0 Å². The van der Waals surface area contributed by atoms with Crippen molar-refractivity contribution in [2.24, 2.45) is 0 Å². The minimum atomic E-state index is -0.844. The van der Waals surface area contributed by atoms with Crippen LogP contribution in [-0.4, -0.2) is 43.0 Å². The van der Waals surface area contributed by atoms with Crippen LogP contribution in [0.5, 0.6) is 0 Å². The van der Waals surface area contributed by atoms with Crippen LogP contribution in [0.15, 0.2) is 0 Å². The maximum Gasteiger partial charge on any atom is 0.320 e. The standard InChI is InChI=1S/C9H16FNO3/c10-3-1-5-14-7-2-4-11-8(6-7)9(12)13/h7-8,11H,1-6H2,(H,12,13). The number of hydrogen-bond acceptors (Lipinski definition) is 3. The third kappa shape index (κ3) is 3.59. The number of carbonyl (C=O) groups is 1. The lowest BCUT2D eigenvalue weighted by molar-refractivity contribution is -0.141. The van der Waals surface area contributed by atoms with Gasteiger partial charge in [-0.2, -0.15) is 0 Å². The molecule has 0 aromatic rings. The lowest BCUT2D eigenvalue weighted by Gasteiger charge is -2.27. The molecule has 4 nitrogen and oxygen atoms in total. The molecule has 0 radical (unpaired) electrons. The van der Waals surface area contributed by atoms with E-state index in [1.54, 1.807) is 0 Å². The quantitative estimate of drug-likeness (QED) is 0.644. The number of carboxylic acid groups (broad SMARTS) is 1. The number of carboxylic acids is 1. The average Bonchev–Trinajstić information content (AvgIpc) is 2.19. The first-order chi connectivity index (χ1) is 6.74. The van der Waals surface area contributed by atoms with E-state index in [2.05, 4.69) is 5.32 Å². The Labute approximate surface area is 82.4 Å². The molecular weight excluding hydrogens is 189 g/mol. The molecule has 2 N–H and O–H groups in total. The fourth-order valence-corrected chi connectivity index (χ4v) is 1.53. The summed E-state index contributed by atoms with van der Waals surface area (Å²) in [5.74, 6) is -0.844. The smallest absolute Gasteiger partial charge is 0.320 e. The minimum absolute atomic E-state index is 0.0381. The predicted molar refractivity (Wildman–Crippen MR) is 49.0 cm³/mol. The number of halogens is 1. The highest BCUT2D eigenvalue weighted by Crippen LogP contribution is 2.12. The molecule has 0 bridgehead atoms. The Morgan fingerprint density at radius 2 is 2.43 bits per heavy atom. The minimum Gasteiger partial charge on any atom is -0.480 e. The van der Waals surface area contributed by atoms with Gasteiger partial charge in [-0.1, -0.05) is 0 Å². The van der Waals surface area contributed by atoms with Gasteiger partial charge in [0, 0.05) is 6.61 Å². The molecule has 0 aliphatic carbocycles.